The minimum Gasteiger partial charge on any atom is -0.299 e. The van der Waals surface area contributed by atoms with Gasteiger partial charge in [0.2, 0.25) is 0 Å². The number of Topliss-reactive ketones (excluding diaryl/α,β-unsaturated/α-hetero) is 1. The maximum absolute atomic E-state index is 13.2. The third kappa shape index (κ3) is 1.58. The average Bonchev–Trinajstić information content (AvgIpc) is 2.67. The van der Waals surface area contributed by atoms with Crippen molar-refractivity contribution in [2.45, 2.75) is 60.3 Å². The lowest BCUT2D eigenvalue weighted by Gasteiger charge is -2.40. The van der Waals surface area contributed by atoms with E-state index in [2.05, 4.69) is 41.2 Å². The van der Waals surface area contributed by atoms with Crippen molar-refractivity contribution in [2.24, 2.45) is 40.4 Å². The largest absolute Gasteiger partial charge is 0.299 e. The molecule has 1 spiro atoms. The van der Waals surface area contributed by atoms with Crippen molar-refractivity contribution in [1.29, 1.82) is 0 Å². The van der Waals surface area contributed by atoms with Crippen LogP contribution in [0.1, 0.15) is 60.3 Å². The first kappa shape index (κ1) is 14.4. The maximum Gasteiger partial charge on any atom is 0.140 e. The summed E-state index contributed by atoms with van der Waals surface area (Å²) >= 11 is 0. The standard InChI is InChI=1S/C19H30O/c1-11(2)9-14-13(4)19-8-7-12(3)15(10-19)18(5,6)17(19)16(14)20/h12-15,17H,1,7-10H2,2-6H3/t12-,13-,14?,15+,17+,19+/m1/s1. The van der Waals surface area contributed by atoms with Crippen molar-refractivity contribution in [2.75, 3.05) is 0 Å². The molecule has 1 nitrogen and oxygen atoms in total. The van der Waals surface area contributed by atoms with E-state index in [-0.39, 0.29) is 11.3 Å². The number of carbonyl (C=O) groups is 1. The lowest BCUT2D eigenvalue weighted by atomic mass is 9.64. The molecule has 1 unspecified atom stereocenters. The monoisotopic (exact) mass is 274 g/mol. The van der Waals surface area contributed by atoms with Crippen LogP contribution in [0, 0.1) is 40.4 Å². The zero-order valence-electron chi connectivity index (χ0n) is 13.8. The Balaban J connectivity index is 2.02. The summed E-state index contributed by atoms with van der Waals surface area (Å²) in [6.45, 7) is 15.6. The predicted octanol–water partition coefficient (Wildman–Crippen LogP) is 4.87. The van der Waals surface area contributed by atoms with E-state index in [0.29, 0.717) is 23.0 Å². The summed E-state index contributed by atoms with van der Waals surface area (Å²) in [6.07, 6.45) is 4.81. The summed E-state index contributed by atoms with van der Waals surface area (Å²) in [5.41, 5.74) is 1.69. The van der Waals surface area contributed by atoms with Crippen molar-refractivity contribution in [1.82, 2.24) is 0 Å². The molecule has 0 amide bonds. The van der Waals surface area contributed by atoms with Gasteiger partial charge < -0.3 is 0 Å². The van der Waals surface area contributed by atoms with Crippen molar-refractivity contribution in [3.8, 4) is 0 Å². The quantitative estimate of drug-likeness (QED) is 0.657. The van der Waals surface area contributed by atoms with E-state index in [1.54, 1.807) is 0 Å². The van der Waals surface area contributed by atoms with Crippen LogP contribution in [0.25, 0.3) is 0 Å². The van der Waals surface area contributed by atoms with E-state index < -0.39 is 0 Å². The predicted molar refractivity (Wildman–Crippen MR) is 83.3 cm³/mol. The van der Waals surface area contributed by atoms with Crippen molar-refractivity contribution >= 4 is 5.78 Å². The van der Waals surface area contributed by atoms with E-state index in [1.807, 2.05) is 0 Å². The summed E-state index contributed by atoms with van der Waals surface area (Å²) in [5, 5.41) is 0. The molecule has 0 saturated heterocycles. The van der Waals surface area contributed by atoms with Gasteiger partial charge in [0.15, 0.2) is 0 Å². The lowest BCUT2D eigenvalue weighted by molar-refractivity contribution is -0.128. The number of hydrogen-bond acceptors (Lipinski definition) is 1. The normalized spacial score (nSPS) is 49.2. The molecular weight excluding hydrogens is 244 g/mol. The SMILES string of the molecule is C=C(C)CC1C(=O)[C@H]2C(C)(C)[C@H]3C[C@@]2(CC[C@H]3C)[C@@H]1C. The molecule has 0 aromatic carbocycles. The molecule has 0 aliphatic heterocycles. The summed E-state index contributed by atoms with van der Waals surface area (Å²) in [4.78, 5) is 13.2. The molecule has 20 heavy (non-hydrogen) atoms. The summed E-state index contributed by atoms with van der Waals surface area (Å²) in [5.74, 6) is 3.21. The van der Waals surface area contributed by atoms with Crippen molar-refractivity contribution in [3.05, 3.63) is 12.2 Å². The number of allylic oxidation sites excluding steroid dienone is 1. The van der Waals surface area contributed by atoms with Crippen LogP contribution in [0.5, 0.6) is 0 Å². The fourth-order valence-corrected chi connectivity index (χ4v) is 6.46. The zero-order chi connectivity index (χ0) is 14.9. The number of ketones is 1. The minimum absolute atomic E-state index is 0.199. The molecule has 0 radical (unpaired) electrons. The first-order valence-electron chi connectivity index (χ1n) is 8.40. The second kappa shape index (κ2) is 4.21. The molecular formula is C19H30O. The third-order valence-corrected chi connectivity index (χ3v) is 7.36. The van der Waals surface area contributed by atoms with E-state index in [9.17, 15) is 4.79 Å². The van der Waals surface area contributed by atoms with Crippen LogP contribution in [-0.2, 0) is 4.79 Å². The minimum atomic E-state index is 0.199. The number of fused-ring (bicyclic) bond motifs is 1. The summed E-state index contributed by atoms with van der Waals surface area (Å²) < 4.78 is 0. The Kier molecular flexibility index (Phi) is 3.02. The second-order valence-electron chi connectivity index (χ2n) is 8.77. The Bertz CT molecular complexity index is 460. The molecule has 6 atom stereocenters. The lowest BCUT2D eigenvalue weighted by Crippen LogP contribution is -2.33. The zero-order valence-corrected chi connectivity index (χ0v) is 13.8. The van der Waals surface area contributed by atoms with Gasteiger partial charge in [0.05, 0.1) is 0 Å². The van der Waals surface area contributed by atoms with E-state index in [1.165, 1.54) is 24.8 Å². The fraction of sp³-hybridized carbons (Fsp3) is 0.842. The summed E-state index contributed by atoms with van der Waals surface area (Å²) in [7, 11) is 0. The maximum atomic E-state index is 13.2. The molecule has 3 aliphatic carbocycles. The average molecular weight is 274 g/mol. The van der Waals surface area contributed by atoms with Crippen LogP contribution in [-0.4, -0.2) is 5.78 Å². The van der Waals surface area contributed by atoms with Crippen LogP contribution in [0.2, 0.25) is 0 Å². The highest BCUT2D eigenvalue weighted by molar-refractivity contribution is 5.89. The van der Waals surface area contributed by atoms with Crippen molar-refractivity contribution in [3.63, 3.8) is 0 Å². The van der Waals surface area contributed by atoms with Crippen molar-refractivity contribution < 1.29 is 4.79 Å². The first-order valence-corrected chi connectivity index (χ1v) is 8.40. The van der Waals surface area contributed by atoms with Gasteiger partial charge in [-0.2, -0.15) is 0 Å². The highest BCUT2D eigenvalue weighted by Gasteiger charge is 2.70. The molecule has 0 N–H and O–H groups in total. The van der Waals surface area contributed by atoms with Crippen LogP contribution in [0.15, 0.2) is 12.2 Å². The van der Waals surface area contributed by atoms with E-state index in [0.717, 1.165) is 18.3 Å². The topological polar surface area (TPSA) is 17.1 Å². The van der Waals surface area contributed by atoms with Gasteiger partial charge in [0.25, 0.3) is 0 Å². The Labute approximate surface area is 124 Å². The van der Waals surface area contributed by atoms with Gasteiger partial charge in [0, 0.05) is 11.8 Å². The first-order chi connectivity index (χ1) is 9.21. The number of hydrogen-bond donors (Lipinski definition) is 0. The smallest absolute Gasteiger partial charge is 0.140 e. The van der Waals surface area contributed by atoms with Gasteiger partial charge in [-0.1, -0.05) is 33.3 Å². The molecule has 3 aliphatic rings. The van der Waals surface area contributed by atoms with Gasteiger partial charge in [-0.15, -0.1) is 6.58 Å². The third-order valence-electron chi connectivity index (χ3n) is 7.36. The van der Waals surface area contributed by atoms with Gasteiger partial charge in [0.1, 0.15) is 5.78 Å². The molecule has 3 fully saturated rings. The van der Waals surface area contributed by atoms with Crippen LogP contribution >= 0.6 is 0 Å². The molecule has 0 heterocycles. The van der Waals surface area contributed by atoms with Crippen LogP contribution in [0.4, 0.5) is 0 Å². The molecule has 0 aromatic heterocycles. The van der Waals surface area contributed by atoms with Gasteiger partial charge >= 0.3 is 0 Å². The molecule has 2 bridgehead atoms. The summed E-state index contributed by atoms with van der Waals surface area (Å²) in [6, 6.07) is 0. The van der Waals surface area contributed by atoms with Crippen LogP contribution in [0.3, 0.4) is 0 Å². The van der Waals surface area contributed by atoms with Gasteiger partial charge in [-0.3, -0.25) is 4.79 Å². The second-order valence-corrected chi connectivity index (χ2v) is 8.77. The van der Waals surface area contributed by atoms with E-state index in [4.69, 9.17) is 0 Å². The van der Waals surface area contributed by atoms with Gasteiger partial charge in [-0.25, -0.2) is 0 Å². The fourth-order valence-electron chi connectivity index (χ4n) is 6.46. The molecule has 3 rings (SSSR count). The Hall–Kier alpha value is -0.590. The molecule has 0 aromatic rings. The van der Waals surface area contributed by atoms with Gasteiger partial charge in [-0.05, 0) is 61.2 Å². The Morgan fingerprint density at radius 1 is 1.35 bits per heavy atom. The molecule has 112 valence electrons. The number of carbonyl (C=O) groups excluding carboxylic acids is 1. The Morgan fingerprint density at radius 2 is 2.00 bits per heavy atom. The molecule has 3 saturated carbocycles. The van der Waals surface area contributed by atoms with Crippen LogP contribution < -0.4 is 0 Å². The Morgan fingerprint density at radius 3 is 2.60 bits per heavy atom. The molecule has 1 heteroatoms. The van der Waals surface area contributed by atoms with E-state index >= 15 is 0 Å². The highest BCUT2D eigenvalue weighted by atomic mass is 16.1. The highest BCUT2D eigenvalue weighted by Crippen LogP contribution is 2.72. The number of rotatable bonds is 2.